The number of piperidine rings is 1. The summed E-state index contributed by atoms with van der Waals surface area (Å²) in [6.07, 6.45) is 4.73. The third-order valence-corrected chi connectivity index (χ3v) is 5.80. The summed E-state index contributed by atoms with van der Waals surface area (Å²) in [6, 6.07) is 10.1. The highest BCUT2D eigenvalue weighted by molar-refractivity contribution is 5.29. The van der Waals surface area contributed by atoms with Gasteiger partial charge < -0.3 is 14.5 Å². The zero-order valence-electron chi connectivity index (χ0n) is 15.9. The zero-order chi connectivity index (χ0) is 18.6. The molecule has 1 atom stereocenters. The molecule has 5 nitrogen and oxygen atoms in total. The third-order valence-electron chi connectivity index (χ3n) is 5.80. The van der Waals surface area contributed by atoms with E-state index in [0.29, 0.717) is 24.0 Å². The van der Waals surface area contributed by atoms with Gasteiger partial charge in [0.1, 0.15) is 12.0 Å². The molecule has 0 radical (unpaired) electrons. The maximum Gasteiger partial charge on any atom is 0.227 e. The van der Waals surface area contributed by atoms with Crippen molar-refractivity contribution in [2.75, 3.05) is 19.6 Å². The van der Waals surface area contributed by atoms with Crippen LogP contribution in [-0.4, -0.2) is 30.6 Å². The van der Waals surface area contributed by atoms with Crippen LogP contribution in [0.2, 0.25) is 0 Å². The second-order valence-corrected chi connectivity index (χ2v) is 7.71. The van der Waals surface area contributed by atoms with Crippen molar-refractivity contribution in [3.05, 3.63) is 63.7 Å². The third kappa shape index (κ3) is 4.42. The molecule has 1 N–H and O–H groups in total. The molecule has 1 aromatic heterocycles. The average molecular weight is 368 g/mol. The van der Waals surface area contributed by atoms with Crippen LogP contribution in [0.25, 0.3) is 0 Å². The van der Waals surface area contributed by atoms with Crippen molar-refractivity contribution in [3.63, 3.8) is 0 Å². The molecular formula is C22H28N2O3. The summed E-state index contributed by atoms with van der Waals surface area (Å²) in [7, 11) is 0. The van der Waals surface area contributed by atoms with Gasteiger partial charge in [-0.2, -0.15) is 0 Å². The standard InChI is InChI=1S/C22H28N2O3/c1-16(17-6-9-23-10-7-17)27-22-15-26-20(12-21(22)25)14-24-11-8-18-4-2-3-5-19(18)13-24/h2-5,12,15-17,23H,6-11,13-14H2,1H3. The molecule has 3 heterocycles. The Bertz CT molecular complexity index is 826. The maximum atomic E-state index is 12.5. The Morgan fingerprint density at radius 3 is 2.81 bits per heavy atom. The van der Waals surface area contributed by atoms with Crippen LogP contribution in [0, 0.1) is 5.92 Å². The van der Waals surface area contributed by atoms with Crippen LogP contribution in [0.5, 0.6) is 5.75 Å². The monoisotopic (exact) mass is 368 g/mol. The van der Waals surface area contributed by atoms with E-state index in [9.17, 15) is 4.79 Å². The first kappa shape index (κ1) is 18.3. The van der Waals surface area contributed by atoms with Crippen LogP contribution in [0.1, 0.15) is 36.7 Å². The highest BCUT2D eigenvalue weighted by Gasteiger charge is 2.23. The van der Waals surface area contributed by atoms with Crippen molar-refractivity contribution in [1.82, 2.24) is 10.2 Å². The zero-order valence-corrected chi connectivity index (χ0v) is 15.9. The Labute approximate surface area is 160 Å². The molecule has 0 spiro atoms. The lowest BCUT2D eigenvalue weighted by molar-refractivity contribution is 0.123. The SMILES string of the molecule is CC(Oc1coc(CN2CCc3ccccc3C2)cc1=O)C1CCNCC1. The van der Waals surface area contributed by atoms with Gasteiger partial charge in [-0.15, -0.1) is 0 Å². The van der Waals surface area contributed by atoms with Crippen LogP contribution in [0.15, 0.2) is 45.8 Å². The van der Waals surface area contributed by atoms with E-state index in [2.05, 4.69) is 41.4 Å². The first-order valence-electron chi connectivity index (χ1n) is 9.97. The number of fused-ring (bicyclic) bond motifs is 1. The highest BCUT2D eigenvalue weighted by Crippen LogP contribution is 2.22. The molecule has 0 aliphatic carbocycles. The summed E-state index contributed by atoms with van der Waals surface area (Å²) in [5, 5.41) is 3.36. The molecule has 1 saturated heterocycles. The van der Waals surface area contributed by atoms with Crippen molar-refractivity contribution in [1.29, 1.82) is 0 Å². The Kier molecular flexibility index (Phi) is 5.60. The molecule has 0 bridgehead atoms. The summed E-state index contributed by atoms with van der Waals surface area (Å²) in [5.41, 5.74) is 2.70. The maximum absolute atomic E-state index is 12.5. The van der Waals surface area contributed by atoms with Gasteiger partial charge in [0.15, 0.2) is 0 Å². The van der Waals surface area contributed by atoms with Crippen molar-refractivity contribution in [2.45, 2.75) is 45.4 Å². The number of hydrogen-bond acceptors (Lipinski definition) is 5. The number of benzene rings is 1. The first-order chi connectivity index (χ1) is 13.2. The molecule has 1 unspecified atom stereocenters. The molecule has 0 saturated carbocycles. The van der Waals surface area contributed by atoms with Gasteiger partial charge in [0.05, 0.1) is 12.6 Å². The number of ether oxygens (including phenoxy) is 1. The van der Waals surface area contributed by atoms with Gasteiger partial charge in [-0.1, -0.05) is 24.3 Å². The van der Waals surface area contributed by atoms with Gasteiger partial charge >= 0.3 is 0 Å². The van der Waals surface area contributed by atoms with Crippen LogP contribution in [0.3, 0.4) is 0 Å². The van der Waals surface area contributed by atoms with Crippen molar-refractivity contribution in [2.24, 2.45) is 5.92 Å². The van der Waals surface area contributed by atoms with Gasteiger partial charge in [-0.05, 0) is 56.3 Å². The summed E-state index contributed by atoms with van der Waals surface area (Å²) in [5.74, 6) is 1.51. The average Bonchev–Trinajstić information content (AvgIpc) is 2.70. The second kappa shape index (κ2) is 8.28. The molecule has 144 valence electrons. The fourth-order valence-corrected chi connectivity index (χ4v) is 4.13. The summed E-state index contributed by atoms with van der Waals surface area (Å²) >= 11 is 0. The number of nitrogens with zero attached hydrogens (tertiary/aromatic N) is 1. The van der Waals surface area contributed by atoms with E-state index in [1.165, 1.54) is 17.4 Å². The molecular weight excluding hydrogens is 340 g/mol. The van der Waals surface area contributed by atoms with Crippen LogP contribution in [-0.2, 0) is 19.5 Å². The molecule has 27 heavy (non-hydrogen) atoms. The molecule has 2 aliphatic heterocycles. The Morgan fingerprint density at radius 2 is 2.04 bits per heavy atom. The topological polar surface area (TPSA) is 54.7 Å². The van der Waals surface area contributed by atoms with E-state index in [0.717, 1.165) is 45.4 Å². The smallest absolute Gasteiger partial charge is 0.227 e. The summed E-state index contributed by atoms with van der Waals surface area (Å²) in [6.45, 7) is 6.61. The molecule has 0 amide bonds. The molecule has 1 aromatic carbocycles. The fraction of sp³-hybridized carbons (Fsp3) is 0.500. The molecule has 5 heteroatoms. The minimum Gasteiger partial charge on any atom is -0.483 e. The number of rotatable bonds is 5. The van der Waals surface area contributed by atoms with Crippen molar-refractivity contribution >= 4 is 0 Å². The van der Waals surface area contributed by atoms with Gasteiger partial charge in [0.25, 0.3) is 0 Å². The van der Waals surface area contributed by atoms with Crippen molar-refractivity contribution < 1.29 is 9.15 Å². The van der Waals surface area contributed by atoms with E-state index >= 15 is 0 Å². The van der Waals surface area contributed by atoms with Gasteiger partial charge in [0, 0.05) is 19.2 Å². The van der Waals surface area contributed by atoms with E-state index in [4.69, 9.17) is 9.15 Å². The lowest BCUT2D eigenvalue weighted by Gasteiger charge is -2.29. The predicted octanol–water partition coefficient (Wildman–Crippen LogP) is 2.97. The quantitative estimate of drug-likeness (QED) is 0.879. The Morgan fingerprint density at radius 1 is 1.26 bits per heavy atom. The van der Waals surface area contributed by atoms with E-state index in [1.807, 2.05) is 0 Å². The number of nitrogens with one attached hydrogen (secondary N) is 1. The lowest BCUT2D eigenvalue weighted by Crippen LogP contribution is -2.36. The van der Waals surface area contributed by atoms with Crippen molar-refractivity contribution in [3.8, 4) is 5.75 Å². The Balaban J connectivity index is 1.38. The van der Waals surface area contributed by atoms with Crippen LogP contribution >= 0.6 is 0 Å². The largest absolute Gasteiger partial charge is 0.483 e. The predicted molar refractivity (Wildman–Crippen MR) is 105 cm³/mol. The van der Waals surface area contributed by atoms with Crippen LogP contribution < -0.4 is 15.5 Å². The Hall–Kier alpha value is -2.11. The molecule has 2 aliphatic rings. The fourth-order valence-electron chi connectivity index (χ4n) is 4.13. The van der Waals surface area contributed by atoms with E-state index in [-0.39, 0.29) is 11.5 Å². The van der Waals surface area contributed by atoms with Crippen LogP contribution in [0.4, 0.5) is 0 Å². The van der Waals surface area contributed by atoms with Gasteiger partial charge in [-0.3, -0.25) is 9.69 Å². The molecule has 2 aromatic rings. The summed E-state index contributed by atoms with van der Waals surface area (Å²) < 4.78 is 11.7. The summed E-state index contributed by atoms with van der Waals surface area (Å²) in [4.78, 5) is 14.8. The van der Waals surface area contributed by atoms with E-state index in [1.54, 1.807) is 6.07 Å². The van der Waals surface area contributed by atoms with Gasteiger partial charge in [0.2, 0.25) is 11.2 Å². The highest BCUT2D eigenvalue weighted by atomic mass is 16.5. The number of hydrogen-bond donors (Lipinski definition) is 1. The normalized spacial score (nSPS) is 19.4. The van der Waals surface area contributed by atoms with Gasteiger partial charge in [-0.25, -0.2) is 0 Å². The first-order valence-corrected chi connectivity index (χ1v) is 9.97. The molecule has 4 rings (SSSR count). The molecule has 1 fully saturated rings. The van der Waals surface area contributed by atoms with E-state index < -0.39 is 0 Å². The lowest BCUT2D eigenvalue weighted by atomic mass is 9.93. The minimum atomic E-state index is -0.0885. The second-order valence-electron chi connectivity index (χ2n) is 7.71. The minimum absolute atomic E-state index is 0.0273.